The van der Waals surface area contributed by atoms with Crippen LogP contribution < -0.4 is 11.1 Å². The van der Waals surface area contributed by atoms with Crippen molar-refractivity contribution in [2.45, 2.75) is 135 Å². The number of carbonyl (C=O) groups excluding carboxylic acids is 2. The highest BCUT2D eigenvalue weighted by Gasteiger charge is 2.16. The number of Topliss-reactive ketones (excluding diaryl/α,β-unsaturated/α-hetero) is 1. The van der Waals surface area contributed by atoms with Gasteiger partial charge in [-0.1, -0.05) is 96.8 Å². The van der Waals surface area contributed by atoms with E-state index in [-0.39, 0.29) is 30.4 Å². The molecule has 1 aromatic rings. The molecule has 8 heteroatoms. The van der Waals surface area contributed by atoms with E-state index in [1.807, 2.05) is 0 Å². The Morgan fingerprint density at radius 1 is 0.861 bits per heavy atom. The van der Waals surface area contributed by atoms with Gasteiger partial charge in [-0.3, -0.25) is 14.4 Å². The van der Waals surface area contributed by atoms with Crippen LogP contribution in [0, 0.1) is 0 Å². The second-order valence-electron chi connectivity index (χ2n) is 9.98. The van der Waals surface area contributed by atoms with E-state index in [9.17, 15) is 14.4 Å². The lowest BCUT2D eigenvalue weighted by Crippen LogP contribution is -2.32. The summed E-state index contributed by atoms with van der Waals surface area (Å²) in [5, 5.41) is 11.7. The van der Waals surface area contributed by atoms with Crippen LogP contribution in [0.3, 0.4) is 0 Å². The van der Waals surface area contributed by atoms with Crippen molar-refractivity contribution < 1.29 is 19.5 Å². The van der Waals surface area contributed by atoms with Crippen LogP contribution in [-0.4, -0.2) is 45.3 Å². The van der Waals surface area contributed by atoms with Gasteiger partial charge in [-0.2, -0.15) is 0 Å². The van der Waals surface area contributed by atoms with Crippen LogP contribution in [0.4, 0.5) is 0 Å². The molecule has 1 amide bonds. The summed E-state index contributed by atoms with van der Waals surface area (Å²) in [6.07, 6.45) is 22.4. The quantitative estimate of drug-likeness (QED) is 0.105. The second kappa shape index (κ2) is 20.9. The van der Waals surface area contributed by atoms with Gasteiger partial charge in [0.15, 0.2) is 11.6 Å². The number of ketones is 1. The van der Waals surface area contributed by atoms with Crippen molar-refractivity contribution in [2.75, 3.05) is 6.54 Å². The van der Waals surface area contributed by atoms with Crippen LogP contribution in [0.2, 0.25) is 0 Å². The lowest BCUT2D eigenvalue weighted by Gasteiger charge is -2.05. The maximum absolute atomic E-state index is 12.2. The molecular weight excluding hydrogens is 456 g/mol. The Morgan fingerprint density at radius 3 is 1.92 bits per heavy atom. The van der Waals surface area contributed by atoms with Crippen LogP contribution in [0.25, 0.3) is 0 Å². The zero-order valence-corrected chi connectivity index (χ0v) is 22.5. The van der Waals surface area contributed by atoms with E-state index in [1.165, 1.54) is 89.7 Å². The van der Waals surface area contributed by atoms with Crippen LogP contribution in [0.1, 0.15) is 139 Å². The zero-order valence-electron chi connectivity index (χ0n) is 22.5. The fourth-order valence-corrected chi connectivity index (χ4v) is 4.27. The smallest absolute Gasteiger partial charge is 0.320 e. The minimum Gasteiger partial charge on any atom is -0.480 e. The van der Waals surface area contributed by atoms with Crippen molar-refractivity contribution in [1.29, 1.82) is 0 Å². The molecule has 1 atom stereocenters. The maximum Gasteiger partial charge on any atom is 0.320 e. The van der Waals surface area contributed by atoms with Crippen molar-refractivity contribution >= 4 is 17.7 Å². The molecule has 1 rings (SSSR count). The summed E-state index contributed by atoms with van der Waals surface area (Å²) in [5.41, 5.74) is 6.01. The molecule has 0 fully saturated rings. The van der Waals surface area contributed by atoms with Crippen molar-refractivity contribution in [2.24, 2.45) is 5.73 Å². The summed E-state index contributed by atoms with van der Waals surface area (Å²) in [6, 6.07) is -1.03. The molecule has 0 radical (unpaired) electrons. The van der Waals surface area contributed by atoms with Crippen molar-refractivity contribution in [3.05, 3.63) is 17.7 Å². The molecule has 0 aliphatic heterocycles. The monoisotopic (exact) mass is 506 g/mol. The Balaban J connectivity index is 1.92. The third-order valence-corrected chi connectivity index (χ3v) is 6.56. The number of carboxylic acids is 1. The molecule has 0 saturated heterocycles. The fourth-order valence-electron chi connectivity index (χ4n) is 4.27. The van der Waals surface area contributed by atoms with E-state index in [0.717, 1.165) is 12.8 Å². The highest BCUT2D eigenvalue weighted by molar-refractivity contribution is 5.92. The lowest BCUT2D eigenvalue weighted by molar-refractivity contribution is -0.138. The largest absolute Gasteiger partial charge is 0.480 e. The van der Waals surface area contributed by atoms with Gasteiger partial charge in [-0.05, 0) is 12.8 Å². The number of aromatic amines is 1. The summed E-state index contributed by atoms with van der Waals surface area (Å²) in [5.74, 6) is -1.02. The number of hydrogen-bond donors (Lipinski definition) is 4. The molecule has 206 valence electrons. The first-order chi connectivity index (χ1) is 17.4. The molecule has 0 spiro atoms. The lowest BCUT2D eigenvalue weighted by atomic mass is 10.0. The molecule has 0 aliphatic rings. The van der Waals surface area contributed by atoms with Gasteiger partial charge in [0.25, 0.3) is 0 Å². The molecular formula is C28H50N4O4. The number of rotatable bonds is 24. The van der Waals surface area contributed by atoms with Gasteiger partial charge in [0, 0.05) is 37.7 Å². The predicted molar refractivity (Wildman–Crippen MR) is 144 cm³/mol. The number of amides is 1. The number of hydrogen-bond acceptors (Lipinski definition) is 5. The second-order valence-corrected chi connectivity index (χ2v) is 9.98. The molecule has 5 N–H and O–H groups in total. The topological polar surface area (TPSA) is 138 Å². The first kappa shape index (κ1) is 31.8. The van der Waals surface area contributed by atoms with E-state index >= 15 is 0 Å². The molecule has 8 nitrogen and oxygen atoms in total. The van der Waals surface area contributed by atoms with Gasteiger partial charge >= 0.3 is 5.97 Å². The maximum atomic E-state index is 12.2. The number of carbonyl (C=O) groups is 3. The Kier molecular flexibility index (Phi) is 18.5. The van der Waals surface area contributed by atoms with E-state index in [4.69, 9.17) is 10.8 Å². The molecule has 0 aromatic carbocycles. The average molecular weight is 507 g/mol. The van der Waals surface area contributed by atoms with Crippen LogP contribution >= 0.6 is 0 Å². The molecule has 1 heterocycles. The summed E-state index contributed by atoms with van der Waals surface area (Å²) < 4.78 is 0. The Labute approximate surface area is 217 Å². The fraction of sp³-hybridized carbons (Fsp3) is 0.786. The highest BCUT2D eigenvalue weighted by Crippen LogP contribution is 2.13. The van der Waals surface area contributed by atoms with E-state index in [1.54, 1.807) is 0 Å². The number of H-pyrrole nitrogens is 1. The van der Waals surface area contributed by atoms with Gasteiger partial charge in [0.2, 0.25) is 5.91 Å². The van der Waals surface area contributed by atoms with Gasteiger partial charge in [0.05, 0.1) is 0 Å². The number of aliphatic carboxylic acids is 1. The molecule has 0 saturated carbocycles. The first-order valence-corrected chi connectivity index (χ1v) is 14.3. The molecule has 0 aliphatic carbocycles. The molecule has 36 heavy (non-hydrogen) atoms. The van der Waals surface area contributed by atoms with E-state index in [0.29, 0.717) is 25.1 Å². The Morgan fingerprint density at radius 2 is 1.39 bits per heavy atom. The third kappa shape index (κ3) is 16.5. The van der Waals surface area contributed by atoms with E-state index in [2.05, 4.69) is 22.2 Å². The third-order valence-electron chi connectivity index (χ3n) is 6.56. The van der Waals surface area contributed by atoms with Crippen LogP contribution in [0.15, 0.2) is 6.20 Å². The minimum atomic E-state index is -1.10. The van der Waals surface area contributed by atoms with Crippen molar-refractivity contribution in [3.8, 4) is 0 Å². The summed E-state index contributed by atoms with van der Waals surface area (Å²) in [7, 11) is 0. The van der Waals surface area contributed by atoms with Gasteiger partial charge < -0.3 is 21.1 Å². The minimum absolute atomic E-state index is 0.0417. The van der Waals surface area contributed by atoms with Crippen molar-refractivity contribution in [3.63, 3.8) is 0 Å². The number of aromatic nitrogens is 2. The molecule has 1 aromatic heterocycles. The Hall–Kier alpha value is -2.22. The standard InChI is InChI=1S/C28H50N4O4/c1-2-3-4-5-6-7-8-9-10-11-12-13-14-15-16-19-26(34)30-20-17-18-25(33)27-31-22-23(32-27)21-24(29)28(35)36/h22,24H,2-21,29H2,1H3,(H,30,34)(H,31,32)(H,35,36). The number of nitrogens with zero attached hydrogens (tertiary/aromatic N) is 1. The van der Waals surface area contributed by atoms with Crippen LogP contribution in [0.5, 0.6) is 0 Å². The van der Waals surface area contributed by atoms with Gasteiger partial charge in [0.1, 0.15) is 6.04 Å². The zero-order chi connectivity index (χ0) is 26.4. The molecule has 1 unspecified atom stereocenters. The number of imidazole rings is 1. The number of nitrogens with one attached hydrogen (secondary N) is 2. The molecule has 0 bridgehead atoms. The summed E-state index contributed by atoms with van der Waals surface area (Å²) >= 11 is 0. The highest BCUT2D eigenvalue weighted by atomic mass is 16.4. The van der Waals surface area contributed by atoms with Crippen molar-refractivity contribution in [1.82, 2.24) is 15.3 Å². The van der Waals surface area contributed by atoms with Gasteiger partial charge in [-0.15, -0.1) is 0 Å². The normalized spacial score (nSPS) is 11.9. The SMILES string of the molecule is CCCCCCCCCCCCCCCCCC(=O)NCCCC(=O)c1ncc(CC(N)C(=O)O)[nH]1. The number of carboxylic acid groups (broad SMARTS) is 1. The summed E-state index contributed by atoms with van der Waals surface area (Å²) in [6.45, 7) is 2.72. The Bertz CT molecular complexity index is 735. The average Bonchev–Trinajstić information content (AvgIpc) is 3.32. The number of unbranched alkanes of at least 4 members (excludes halogenated alkanes) is 14. The predicted octanol–water partition coefficient (Wildman–Crippen LogP) is 5.70. The first-order valence-electron chi connectivity index (χ1n) is 14.3. The van der Waals surface area contributed by atoms with E-state index < -0.39 is 12.0 Å². The number of nitrogens with two attached hydrogens (primary N) is 1. The van der Waals surface area contributed by atoms with Gasteiger partial charge in [-0.25, -0.2) is 4.98 Å². The summed E-state index contributed by atoms with van der Waals surface area (Å²) in [4.78, 5) is 41.8. The van der Waals surface area contributed by atoms with Crippen LogP contribution in [-0.2, 0) is 16.0 Å².